The number of nitrogens with zero attached hydrogens (tertiary/aromatic N) is 4. The molecule has 0 atom stereocenters. The summed E-state index contributed by atoms with van der Waals surface area (Å²) >= 11 is 0. The largest absolute Gasteiger partial charge is 0.490 e. The molecule has 3 aromatic rings. The molecule has 1 aromatic heterocycles. The number of hydrogen-bond acceptors (Lipinski definition) is 7. The van der Waals surface area contributed by atoms with Gasteiger partial charge in [0.1, 0.15) is 11.8 Å². The lowest BCUT2D eigenvalue weighted by Crippen LogP contribution is -2.27. The van der Waals surface area contributed by atoms with E-state index in [9.17, 15) is 10.1 Å². The molecule has 1 heterocycles. The monoisotopic (exact) mass is 447 g/mol. The number of ether oxygens (including phenoxy) is 1. The van der Waals surface area contributed by atoms with Gasteiger partial charge in [-0.3, -0.25) is 4.79 Å². The Kier molecular flexibility index (Phi) is 7.80. The molecule has 0 unspecified atom stereocenters. The molecule has 33 heavy (non-hydrogen) atoms. The highest BCUT2D eigenvalue weighted by atomic mass is 16.5. The van der Waals surface area contributed by atoms with Gasteiger partial charge in [-0.25, -0.2) is 0 Å². The number of likely N-dealkylation sites (N-methyl/N-ethyl adjacent to an activating group) is 1. The Morgan fingerprint density at radius 2 is 2.06 bits per heavy atom. The van der Waals surface area contributed by atoms with E-state index < -0.39 is 0 Å². The molecule has 0 spiro atoms. The van der Waals surface area contributed by atoms with Crippen LogP contribution < -0.4 is 10.5 Å². The lowest BCUT2D eigenvalue weighted by Gasteiger charge is -2.11. The number of primary amides is 1. The Hall–Kier alpha value is -3.70. The minimum absolute atomic E-state index is 0.00290. The molecule has 0 saturated heterocycles. The van der Waals surface area contributed by atoms with Crippen LogP contribution in [0, 0.1) is 11.3 Å². The van der Waals surface area contributed by atoms with Crippen LogP contribution in [0.1, 0.15) is 37.0 Å². The highest BCUT2D eigenvalue weighted by Gasteiger charge is 2.20. The van der Waals surface area contributed by atoms with Crippen LogP contribution in [0.5, 0.6) is 5.75 Å². The highest BCUT2D eigenvalue weighted by Crippen LogP contribution is 2.32. The number of rotatable bonds is 6. The summed E-state index contributed by atoms with van der Waals surface area (Å²) in [5.41, 5.74) is 9.71. The van der Waals surface area contributed by atoms with Crippen LogP contribution >= 0.6 is 0 Å². The van der Waals surface area contributed by atoms with Gasteiger partial charge in [-0.15, -0.1) is 0 Å². The number of fused-ring (bicyclic) bond motifs is 1. The third-order valence-electron chi connectivity index (χ3n) is 4.99. The SMILES string of the molecule is CC(C)Oc1ccc(-c2nc(-c3cccc4c3CCC4)no2)cc1C#N.CN(C)CC(N)=O. The standard InChI is InChI=1S/C21H19N3O2.C4H10N2O/c1-13(2)25-19-10-9-15(11-16(19)12-22)21-23-20(24-26-21)18-8-4-6-14-5-3-7-17(14)18;1-6(2)3-4(5)7/h4,6,8-11,13H,3,5,7H2,1-2H3;3H2,1-2H3,(H2,5,7). The number of benzene rings is 2. The summed E-state index contributed by atoms with van der Waals surface area (Å²) in [7, 11) is 3.59. The molecule has 0 bridgehead atoms. The van der Waals surface area contributed by atoms with E-state index in [0.717, 1.165) is 18.4 Å². The second-order valence-corrected chi connectivity index (χ2v) is 8.41. The van der Waals surface area contributed by atoms with Gasteiger partial charge >= 0.3 is 0 Å². The van der Waals surface area contributed by atoms with E-state index in [4.69, 9.17) is 15.0 Å². The molecule has 1 aliphatic rings. The van der Waals surface area contributed by atoms with Crippen molar-refractivity contribution in [2.24, 2.45) is 5.73 Å². The number of aryl methyl sites for hydroxylation is 1. The smallest absolute Gasteiger partial charge is 0.258 e. The summed E-state index contributed by atoms with van der Waals surface area (Å²) in [4.78, 5) is 16.3. The topological polar surface area (TPSA) is 118 Å². The Balaban J connectivity index is 0.000000383. The molecule has 0 fully saturated rings. The van der Waals surface area contributed by atoms with Gasteiger partial charge in [-0.2, -0.15) is 10.2 Å². The predicted octanol–water partition coefficient (Wildman–Crippen LogP) is 3.58. The number of carbonyl (C=O) groups is 1. The van der Waals surface area contributed by atoms with Crippen LogP contribution in [0.15, 0.2) is 40.9 Å². The van der Waals surface area contributed by atoms with Crippen LogP contribution in [-0.4, -0.2) is 47.7 Å². The first-order chi connectivity index (χ1) is 15.8. The van der Waals surface area contributed by atoms with Gasteiger partial charge in [0.05, 0.1) is 18.2 Å². The Labute approximate surface area is 194 Å². The van der Waals surface area contributed by atoms with E-state index in [1.165, 1.54) is 17.5 Å². The van der Waals surface area contributed by atoms with Crippen molar-refractivity contribution >= 4 is 5.91 Å². The molecular formula is C25H29N5O3. The highest BCUT2D eigenvalue weighted by molar-refractivity contribution is 5.75. The van der Waals surface area contributed by atoms with Crippen LogP contribution in [-0.2, 0) is 17.6 Å². The molecule has 1 aliphatic carbocycles. The molecule has 2 N–H and O–H groups in total. The van der Waals surface area contributed by atoms with Crippen LogP contribution in [0.2, 0.25) is 0 Å². The molecule has 8 heteroatoms. The maximum atomic E-state index is 9.99. The molecule has 4 rings (SSSR count). The van der Waals surface area contributed by atoms with Crippen LogP contribution in [0.3, 0.4) is 0 Å². The molecule has 1 amide bonds. The number of carbonyl (C=O) groups excluding carboxylic acids is 1. The summed E-state index contributed by atoms with van der Waals surface area (Å²) in [6.07, 6.45) is 3.33. The van der Waals surface area contributed by atoms with Crippen LogP contribution in [0.4, 0.5) is 0 Å². The van der Waals surface area contributed by atoms with E-state index in [1.807, 2.05) is 32.0 Å². The number of aromatic nitrogens is 2. The van der Waals surface area contributed by atoms with Crippen molar-refractivity contribution < 1.29 is 14.1 Å². The summed E-state index contributed by atoms with van der Waals surface area (Å²) in [5.74, 6) is 1.28. The first-order valence-corrected chi connectivity index (χ1v) is 10.9. The van der Waals surface area contributed by atoms with E-state index in [0.29, 0.717) is 35.1 Å². The zero-order valence-corrected chi connectivity index (χ0v) is 19.5. The lowest BCUT2D eigenvalue weighted by molar-refractivity contribution is -0.118. The molecule has 0 aliphatic heterocycles. The Morgan fingerprint density at radius 3 is 2.70 bits per heavy atom. The summed E-state index contributed by atoms with van der Waals surface area (Å²) in [5, 5.41) is 13.6. The lowest BCUT2D eigenvalue weighted by atomic mass is 10.0. The van der Waals surface area contributed by atoms with Crippen molar-refractivity contribution in [2.45, 2.75) is 39.2 Å². The van der Waals surface area contributed by atoms with Crippen molar-refractivity contribution in [3.05, 3.63) is 53.1 Å². The first kappa shape index (κ1) is 24.0. The minimum Gasteiger partial charge on any atom is -0.490 e. The van der Waals surface area contributed by atoms with Gasteiger partial charge in [-0.05, 0) is 76.5 Å². The van der Waals surface area contributed by atoms with Gasteiger partial charge in [0, 0.05) is 11.1 Å². The van der Waals surface area contributed by atoms with Crippen molar-refractivity contribution in [3.8, 4) is 34.7 Å². The van der Waals surface area contributed by atoms with Crippen LogP contribution in [0.25, 0.3) is 22.8 Å². The predicted molar refractivity (Wildman–Crippen MR) is 125 cm³/mol. The van der Waals surface area contributed by atoms with Gasteiger partial charge in [-0.1, -0.05) is 23.4 Å². The summed E-state index contributed by atoms with van der Waals surface area (Å²) in [6, 6.07) is 13.8. The second kappa shape index (κ2) is 10.7. The maximum Gasteiger partial charge on any atom is 0.258 e. The van der Waals surface area contributed by atoms with Gasteiger partial charge in [0.15, 0.2) is 0 Å². The van der Waals surface area contributed by atoms with E-state index in [-0.39, 0.29) is 12.0 Å². The Morgan fingerprint density at radius 1 is 1.27 bits per heavy atom. The second-order valence-electron chi connectivity index (χ2n) is 8.41. The average Bonchev–Trinajstić information content (AvgIpc) is 3.42. The van der Waals surface area contributed by atoms with E-state index in [1.54, 1.807) is 31.1 Å². The quantitative estimate of drug-likeness (QED) is 0.613. The third kappa shape index (κ3) is 6.18. The van der Waals surface area contributed by atoms with E-state index >= 15 is 0 Å². The normalized spacial score (nSPS) is 12.2. The fraction of sp³-hybridized carbons (Fsp3) is 0.360. The molecular weight excluding hydrogens is 418 g/mol. The third-order valence-corrected chi connectivity index (χ3v) is 4.99. The molecule has 0 radical (unpaired) electrons. The Bertz CT molecular complexity index is 1160. The van der Waals surface area contributed by atoms with Gasteiger partial charge in [0.2, 0.25) is 11.7 Å². The number of amides is 1. The number of hydrogen-bond donors (Lipinski definition) is 1. The zero-order chi connectivity index (χ0) is 24.0. The average molecular weight is 448 g/mol. The maximum absolute atomic E-state index is 9.99. The fourth-order valence-corrected chi connectivity index (χ4v) is 3.70. The van der Waals surface area contributed by atoms with Gasteiger partial charge < -0.3 is 19.9 Å². The molecule has 0 saturated carbocycles. The fourth-order valence-electron chi connectivity index (χ4n) is 3.70. The van der Waals surface area contributed by atoms with Crippen molar-refractivity contribution in [1.82, 2.24) is 15.0 Å². The number of nitriles is 1. The van der Waals surface area contributed by atoms with Crippen molar-refractivity contribution in [1.29, 1.82) is 5.26 Å². The molecule has 8 nitrogen and oxygen atoms in total. The number of nitrogens with two attached hydrogens (primary N) is 1. The minimum atomic E-state index is -0.287. The van der Waals surface area contributed by atoms with Gasteiger partial charge in [0.25, 0.3) is 5.89 Å². The summed E-state index contributed by atoms with van der Waals surface area (Å²) < 4.78 is 11.1. The zero-order valence-electron chi connectivity index (χ0n) is 19.5. The van der Waals surface area contributed by atoms with Crippen molar-refractivity contribution in [2.75, 3.05) is 20.6 Å². The molecule has 172 valence electrons. The van der Waals surface area contributed by atoms with E-state index in [2.05, 4.69) is 22.3 Å². The summed E-state index contributed by atoms with van der Waals surface area (Å²) in [6.45, 7) is 4.19. The van der Waals surface area contributed by atoms with Crippen molar-refractivity contribution in [3.63, 3.8) is 0 Å². The first-order valence-electron chi connectivity index (χ1n) is 10.9. The molecule has 2 aromatic carbocycles.